The second-order valence-corrected chi connectivity index (χ2v) is 4.24. The van der Waals surface area contributed by atoms with Crippen molar-refractivity contribution in [2.24, 2.45) is 5.73 Å². The number of carbonyl (C=O) groups excluding carboxylic acids is 2. The summed E-state index contributed by atoms with van der Waals surface area (Å²) in [5.41, 5.74) is 13.4. The number of nitrogen functional groups attached to an aromatic ring is 1. The van der Waals surface area contributed by atoms with E-state index in [2.05, 4.69) is 0 Å². The summed E-state index contributed by atoms with van der Waals surface area (Å²) < 4.78 is 0. The van der Waals surface area contributed by atoms with Crippen molar-refractivity contribution in [2.45, 2.75) is 25.8 Å². The zero-order valence-corrected chi connectivity index (χ0v) is 9.64. The van der Waals surface area contributed by atoms with Gasteiger partial charge in [-0.3, -0.25) is 9.59 Å². The number of anilines is 2. The molecule has 17 heavy (non-hydrogen) atoms. The lowest BCUT2D eigenvalue weighted by molar-refractivity contribution is -0.127. The van der Waals surface area contributed by atoms with Crippen molar-refractivity contribution < 1.29 is 9.59 Å². The molecule has 1 heterocycles. The van der Waals surface area contributed by atoms with E-state index in [-0.39, 0.29) is 11.8 Å². The lowest BCUT2D eigenvalue weighted by Crippen LogP contribution is -2.47. The first-order chi connectivity index (χ1) is 8.00. The van der Waals surface area contributed by atoms with Crippen LogP contribution in [0.15, 0.2) is 18.2 Å². The van der Waals surface area contributed by atoms with Gasteiger partial charge in [-0.15, -0.1) is 0 Å². The van der Waals surface area contributed by atoms with Crippen LogP contribution in [0.4, 0.5) is 11.4 Å². The predicted octanol–water partition coefficient (Wildman–Crippen LogP) is 0.422. The number of hydrogen-bond donors (Lipinski definition) is 2. The molecule has 5 heteroatoms. The van der Waals surface area contributed by atoms with Gasteiger partial charge < -0.3 is 11.5 Å². The van der Waals surface area contributed by atoms with Gasteiger partial charge in [0.1, 0.15) is 0 Å². The van der Waals surface area contributed by atoms with Gasteiger partial charge in [-0.25, -0.2) is 4.90 Å². The SMILES string of the molecule is CC(N)C(=O)N1C(=O)CCc2cc(N)ccc21. The van der Waals surface area contributed by atoms with Crippen LogP contribution >= 0.6 is 0 Å². The van der Waals surface area contributed by atoms with Crippen molar-refractivity contribution in [2.75, 3.05) is 10.6 Å². The number of amides is 2. The van der Waals surface area contributed by atoms with Crippen molar-refractivity contribution in [1.82, 2.24) is 0 Å². The van der Waals surface area contributed by atoms with Crippen LogP contribution in [0, 0.1) is 0 Å². The third kappa shape index (κ3) is 2.01. The average Bonchev–Trinajstić information content (AvgIpc) is 2.28. The molecule has 0 fully saturated rings. The van der Waals surface area contributed by atoms with Gasteiger partial charge in [0.2, 0.25) is 11.8 Å². The quantitative estimate of drug-likeness (QED) is 0.688. The molecule has 0 aliphatic carbocycles. The zero-order chi connectivity index (χ0) is 12.6. The highest BCUT2D eigenvalue weighted by atomic mass is 16.2. The number of nitrogens with two attached hydrogens (primary N) is 2. The molecule has 0 saturated heterocycles. The Bertz CT molecular complexity index is 483. The molecule has 1 aromatic carbocycles. The van der Waals surface area contributed by atoms with Crippen LogP contribution in [-0.2, 0) is 16.0 Å². The Hall–Kier alpha value is -1.88. The number of rotatable bonds is 1. The van der Waals surface area contributed by atoms with Crippen molar-refractivity contribution in [3.63, 3.8) is 0 Å². The zero-order valence-electron chi connectivity index (χ0n) is 9.64. The number of imide groups is 1. The molecule has 0 aromatic heterocycles. The largest absolute Gasteiger partial charge is 0.399 e. The summed E-state index contributed by atoms with van der Waals surface area (Å²) in [4.78, 5) is 24.9. The Morgan fingerprint density at radius 2 is 2.12 bits per heavy atom. The summed E-state index contributed by atoms with van der Waals surface area (Å²) in [5.74, 6) is -0.578. The normalized spacial score (nSPS) is 16.6. The van der Waals surface area contributed by atoms with E-state index in [1.807, 2.05) is 0 Å². The highest BCUT2D eigenvalue weighted by Crippen LogP contribution is 2.29. The van der Waals surface area contributed by atoms with Gasteiger partial charge in [-0.05, 0) is 37.1 Å². The van der Waals surface area contributed by atoms with Crippen LogP contribution in [0.5, 0.6) is 0 Å². The maximum Gasteiger partial charge on any atom is 0.250 e. The summed E-state index contributed by atoms with van der Waals surface area (Å²) in [6, 6.07) is 4.48. The molecule has 4 N–H and O–H groups in total. The van der Waals surface area contributed by atoms with Gasteiger partial charge in [-0.1, -0.05) is 0 Å². The van der Waals surface area contributed by atoms with E-state index < -0.39 is 6.04 Å². The summed E-state index contributed by atoms with van der Waals surface area (Å²) in [6.45, 7) is 1.57. The van der Waals surface area contributed by atoms with E-state index in [4.69, 9.17) is 11.5 Å². The first-order valence-corrected chi connectivity index (χ1v) is 5.51. The number of aryl methyl sites for hydroxylation is 1. The van der Waals surface area contributed by atoms with Crippen LogP contribution in [0.2, 0.25) is 0 Å². The third-order valence-electron chi connectivity index (χ3n) is 2.81. The smallest absolute Gasteiger partial charge is 0.250 e. The minimum absolute atomic E-state index is 0.204. The maximum absolute atomic E-state index is 11.9. The second kappa shape index (κ2) is 4.18. The molecule has 1 atom stereocenters. The molecular formula is C12H15N3O2. The van der Waals surface area contributed by atoms with Gasteiger partial charge in [0.15, 0.2) is 0 Å². The van der Waals surface area contributed by atoms with Gasteiger partial charge in [0.25, 0.3) is 0 Å². The Balaban J connectivity index is 2.47. The van der Waals surface area contributed by atoms with Crippen molar-refractivity contribution in [3.05, 3.63) is 23.8 Å². The fourth-order valence-electron chi connectivity index (χ4n) is 1.96. The van der Waals surface area contributed by atoms with Crippen molar-refractivity contribution in [1.29, 1.82) is 0 Å². The summed E-state index contributed by atoms with van der Waals surface area (Å²) >= 11 is 0. The molecule has 1 aliphatic rings. The van der Waals surface area contributed by atoms with Crippen molar-refractivity contribution >= 4 is 23.2 Å². The number of fused-ring (bicyclic) bond motifs is 1. The van der Waals surface area contributed by atoms with E-state index in [9.17, 15) is 9.59 Å². The molecule has 0 saturated carbocycles. The Kier molecular flexibility index (Phi) is 2.85. The standard InChI is InChI=1S/C12H15N3O2/c1-7(13)12(17)15-10-4-3-9(14)6-8(10)2-5-11(15)16/h3-4,6-7H,2,5,13-14H2,1H3. The highest BCUT2D eigenvalue weighted by Gasteiger charge is 2.30. The topological polar surface area (TPSA) is 89.4 Å². The number of hydrogen-bond acceptors (Lipinski definition) is 4. The first kappa shape index (κ1) is 11.6. The molecule has 0 spiro atoms. The molecular weight excluding hydrogens is 218 g/mol. The van der Waals surface area contributed by atoms with Gasteiger partial charge in [0, 0.05) is 12.1 Å². The molecule has 1 unspecified atom stereocenters. The molecule has 1 aliphatic heterocycles. The maximum atomic E-state index is 11.9. The number of nitrogens with zero attached hydrogens (tertiary/aromatic N) is 1. The van der Waals surface area contributed by atoms with E-state index in [0.29, 0.717) is 24.2 Å². The summed E-state index contributed by atoms with van der Waals surface area (Å²) in [7, 11) is 0. The minimum Gasteiger partial charge on any atom is -0.399 e. The van der Waals surface area contributed by atoms with Gasteiger partial charge in [-0.2, -0.15) is 0 Å². The average molecular weight is 233 g/mol. The predicted molar refractivity (Wildman–Crippen MR) is 65.3 cm³/mol. The molecule has 5 nitrogen and oxygen atoms in total. The van der Waals surface area contributed by atoms with Crippen LogP contribution in [0.25, 0.3) is 0 Å². The van der Waals surface area contributed by atoms with Crippen LogP contribution in [0.3, 0.4) is 0 Å². The number of carbonyl (C=O) groups is 2. The van der Waals surface area contributed by atoms with E-state index >= 15 is 0 Å². The van der Waals surface area contributed by atoms with E-state index in [0.717, 1.165) is 5.56 Å². The summed E-state index contributed by atoms with van der Waals surface area (Å²) in [5, 5.41) is 0. The molecule has 2 rings (SSSR count). The highest BCUT2D eigenvalue weighted by molar-refractivity contribution is 6.17. The van der Waals surface area contributed by atoms with Crippen LogP contribution in [0.1, 0.15) is 18.9 Å². The Labute approximate surface area is 99.4 Å². The van der Waals surface area contributed by atoms with Gasteiger partial charge in [0.05, 0.1) is 11.7 Å². The molecule has 90 valence electrons. The Morgan fingerprint density at radius 1 is 1.41 bits per heavy atom. The molecule has 0 bridgehead atoms. The lowest BCUT2D eigenvalue weighted by atomic mass is 10.00. The minimum atomic E-state index is -0.692. The van der Waals surface area contributed by atoms with E-state index in [1.165, 1.54) is 4.90 Å². The fraction of sp³-hybridized carbons (Fsp3) is 0.333. The lowest BCUT2D eigenvalue weighted by Gasteiger charge is -2.29. The molecule has 1 aromatic rings. The fourth-order valence-corrected chi connectivity index (χ4v) is 1.96. The van der Waals surface area contributed by atoms with Crippen molar-refractivity contribution in [3.8, 4) is 0 Å². The molecule has 0 radical (unpaired) electrons. The van der Waals surface area contributed by atoms with Crippen LogP contribution in [-0.4, -0.2) is 17.9 Å². The monoisotopic (exact) mass is 233 g/mol. The third-order valence-corrected chi connectivity index (χ3v) is 2.81. The number of benzene rings is 1. The van der Waals surface area contributed by atoms with Gasteiger partial charge >= 0.3 is 0 Å². The first-order valence-electron chi connectivity index (χ1n) is 5.51. The Morgan fingerprint density at radius 3 is 2.76 bits per heavy atom. The van der Waals surface area contributed by atoms with E-state index in [1.54, 1.807) is 25.1 Å². The molecule has 2 amide bonds. The van der Waals surface area contributed by atoms with Crippen LogP contribution < -0.4 is 16.4 Å². The summed E-state index contributed by atoms with van der Waals surface area (Å²) in [6.07, 6.45) is 0.927. The second-order valence-electron chi connectivity index (χ2n) is 4.24.